The fraction of sp³-hybridized carbons (Fsp3) is 0.550. The fourth-order valence-corrected chi connectivity index (χ4v) is 5.48. The molecule has 9 heteroatoms. The number of hydrogen-bond acceptors (Lipinski definition) is 7. The zero-order chi connectivity index (χ0) is 20.5. The molecule has 1 aliphatic carbocycles. The minimum Gasteiger partial charge on any atom is -0.493 e. The van der Waals surface area contributed by atoms with Crippen LogP contribution in [0.2, 0.25) is 0 Å². The standard InChI is InChI=1S/C20H23N3O5S/c1-20(2,3)28-19(26)22-11-4-5-12(24)16(11)23(18(22)25)17-21-15-10-8-9-27-13(10)6-7-14(15)29-17/h6-7,11-12,16,24H,4-5,8-9H2,1-3H3/t11-,12-,16-/m0/s1. The number of nitrogens with zero attached hydrogens (tertiary/aromatic N) is 3. The third-order valence-corrected chi connectivity index (χ3v) is 6.63. The Morgan fingerprint density at radius 3 is 2.90 bits per heavy atom. The average molecular weight is 417 g/mol. The number of urea groups is 1. The fourth-order valence-electron chi connectivity index (χ4n) is 4.45. The summed E-state index contributed by atoms with van der Waals surface area (Å²) in [6, 6.07) is 2.45. The minimum absolute atomic E-state index is 0.423. The van der Waals surface area contributed by atoms with Gasteiger partial charge in [-0.25, -0.2) is 19.5 Å². The molecule has 1 saturated carbocycles. The maximum atomic E-state index is 13.3. The van der Waals surface area contributed by atoms with Gasteiger partial charge in [0.1, 0.15) is 11.4 Å². The zero-order valence-electron chi connectivity index (χ0n) is 16.5. The molecule has 0 bridgehead atoms. The van der Waals surface area contributed by atoms with Crippen LogP contribution in [0.5, 0.6) is 5.75 Å². The molecule has 3 heterocycles. The Morgan fingerprint density at radius 1 is 1.34 bits per heavy atom. The molecule has 3 amide bonds. The molecule has 5 rings (SSSR count). The number of carbonyl (C=O) groups is 2. The second-order valence-electron chi connectivity index (χ2n) is 8.69. The number of ether oxygens (including phenoxy) is 2. The highest BCUT2D eigenvalue weighted by molar-refractivity contribution is 7.22. The van der Waals surface area contributed by atoms with Crippen molar-refractivity contribution in [2.45, 2.75) is 63.8 Å². The molecular weight excluding hydrogens is 394 g/mol. The first-order valence-electron chi connectivity index (χ1n) is 9.83. The van der Waals surface area contributed by atoms with Crippen LogP contribution in [0, 0.1) is 0 Å². The monoisotopic (exact) mass is 417 g/mol. The summed E-state index contributed by atoms with van der Waals surface area (Å²) in [6.45, 7) is 5.92. The first-order valence-corrected chi connectivity index (χ1v) is 10.6. The summed E-state index contributed by atoms with van der Waals surface area (Å²) in [5.74, 6) is 0.830. The normalized spacial score (nSPS) is 26.1. The van der Waals surface area contributed by atoms with E-state index in [-0.39, 0.29) is 0 Å². The molecule has 2 aliphatic heterocycles. The summed E-state index contributed by atoms with van der Waals surface area (Å²) in [6.07, 6.45) is 0.457. The Labute approximate surface area is 172 Å². The SMILES string of the molecule is CC(C)(C)OC(=O)N1C(=O)N(c2nc3c4c(ccc3s2)OCC4)[C@@H]2[C@@H](O)CC[C@@H]21. The maximum Gasteiger partial charge on any atom is 0.418 e. The van der Waals surface area contributed by atoms with Crippen LogP contribution in [0.1, 0.15) is 39.2 Å². The molecule has 3 atom stereocenters. The number of aliphatic hydroxyl groups is 1. The number of benzene rings is 1. The molecule has 2 aromatic rings. The number of imide groups is 1. The van der Waals surface area contributed by atoms with E-state index in [9.17, 15) is 14.7 Å². The predicted molar refractivity (Wildman–Crippen MR) is 108 cm³/mol. The Balaban J connectivity index is 1.55. The lowest BCUT2D eigenvalue weighted by atomic mass is 10.1. The summed E-state index contributed by atoms with van der Waals surface area (Å²) in [5.41, 5.74) is 1.16. The molecule has 0 radical (unpaired) electrons. The first-order chi connectivity index (χ1) is 13.7. The van der Waals surface area contributed by atoms with Crippen LogP contribution in [-0.4, -0.2) is 57.5 Å². The number of carbonyl (C=O) groups excluding carboxylic acids is 2. The van der Waals surface area contributed by atoms with E-state index in [0.717, 1.165) is 32.9 Å². The third-order valence-electron chi connectivity index (χ3n) is 5.61. The maximum absolute atomic E-state index is 13.3. The Bertz CT molecular complexity index is 1010. The Hall–Kier alpha value is -2.39. The van der Waals surface area contributed by atoms with Crippen LogP contribution >= 0.6 is 11.3 Å². The molecule has 1 aromatic heterocycles. The molecule has 29 heavy (non-hydrogen) atoms. The summed E-state index contributed by atoms with van der Waals surface area (Å²) in [4.78, 5) is 33.4. The van der Waals surface area contributed by atoms with Gasteiger partial charge in [0.25, 0.3) is 0 Å². The summed E-state index contributed by atoms with van der Waals surface area (Å²) in [7, 11) is 0. The van der Waals surface area contributed by atoms with E-state index < -0.39 is 35.9 Å². The topological polar surface area (TPSA) is 92.2 Å². The van der Waals surface area contributed by atoms with E-state index in [1.165, 1.54) is 16.2 Å². The predicted octanol–water partition coefficient (Wildman–Crippen LogP) is 3.30. The van der Waals surface area contributed by atoms with Crippen LogP contribution in [0.15, 0.2) is 12.1 Å². The van der Waals surface area contributed by atoms with Crippen molar-refractivity contribution in [2.75, 3.05) is 11.5 Å². The van der Waals surface area contributed by atoms with Gasteiger partial charge in [0, 0.05) is 12.0 Å². The lowest BCUT2D eigenvalue weighted by Crippen LogP contribution is -2.43. The van der Waals surface area contributed by atoms with Crippen molar-refractivity contribution in [3.8, 4) is 5.75 Å². The van der Waals surface area contributed by atoms with Crippen LogP contribution in [0.4, 0.5) is 14.7 Å². The number of anilines is 1. The summed E-state index contributed by atoms with van der Waals surface area (Å²) >= 11 is 1.39. The molecular formula is C20H23N3O5S. The van der Waals surface area contributed by atoms with Gasteiger partial charge in [0.15, 0.2) is 5.13 Å². The molecule has 1 aromatic carbocycles. The highest BCUT2D eigenvalue weighted by Crippen LogP contribution is 2.43. The van der Waals surface area contributed by atoms with Gasteiger partial charge in [-0.1, -0.05) is 11.3 Å². The van der Waals surface area contributed by atoms with Gasteiger partial charge in [-0.2, -0.15) is 0 Å². The van der Waals surface area contributed by atoms with E-state index in [1.807, 2.05) is 12.1 Å². The highest BCUT2D eigenvalue weighted by Gasteiger charge is 2.57. The quantitative estimate of drug-likeness (QED) is 0.765. The molecule has 2 fully saturated rings. The smallest absolute Gasteiger partial charge is 0.418 e. The number of fused-ring (bicyclic) bond motifs is 4. The van der Waals surface area contributed by atoms with Gasteiger partial charge < -0.3 is 14.6 Å². The molecule has 154 valence electrons. The van der Waals surface area contributed by atoms with Crippen LogP contribution in [-0.2, 0) is 11.2 Å². The third kappa shape index (κ3) is 2.86. The molecule has 8 nitrogen and oxygen atoms in total. The summed E-state index contributed by atoms with van der Waals surface area (Å²) < 4.78 is 12.0. The number of aliphatic hydroxyl groups excluding tert-OH is 1. The van der Waals surface area contributed by atoms with Gasteiger partial charge in [-0.3, -0.25) is 4.90 Å². The molecule has 0 unspecified atom stereocenters. The van der Waals surface area contributed by atoms with Crippen molar-refractivity contribution in [1.29, 1.82) is 0 Å². The van der Waals surface area contributed by atoms with Gasteiger partial charge >= 0.3 is 12.1 Å². The lowest BCUT2D eigenvalue weighted by molar-refractivity contribution is 0.0291. The number of amides is 3. The number of thiazole rings is 1. The summed E-state index contributed by atoms with van der Waals surface area (Å²) in [5, 5.41) is 11.1. The molecule has 3 aliphatic rings. The van der Waals surface area contributed by atoms with E-state index in [2.05, 4.69) is 0 Å². The van der Waals surface area contributed by atoms with Crippen LogP contribution in [0.25, 0.3) is 10.2 Å². The zero-order valence-corrected chi connectivity index (χ0v) is 17.4. The first kappa shape index (κ1) is 18.6. The highest BCUT2D eigenvalue weighted by atomic mass is 32.1. The van der Waals surface area contributed by atoms with Crippen molar-refractivity contribution < 1.29 is 24.2 Å². The van der Waals surface area contributed by atoms with E-state index in [4.69, 9.17) is 14.5 Å². The van der Waals surface area contributed by atoms with Crippen LogP contribution < -0.4 is 9.64 Å². The van der Waals surface area contributed by atoms with Crippen molar-refractivity contribution in [1.82, 2.24) is 9.88 Å². The van der Waals surface area contributed by atoms with Crippen molar-refractivity contribution in [3.05, 3.63) is 17.7 Å². The molecule has 0 spiro atoms. The minimum atomic E-state index is -0.714. The molecule has 1 saturated heterocycles. The Kier molecular flexibility index (Phi) is 4.05. The second-order valence-corrected chi connectivity index (χ2v) is 9.70. The number of hydrogen-bond donors (Lipinski definition) is 1. The number of rotatable bonds is 1. The Morgan fingerprint density at radius 2 is 2.14 bits per heavy atom. The van der Waals surface area contributed by atoms with Gasteiger partial charge in [0.05, 0.1) is 35.0 Å². The van der Waals surface area contributed by atoms with Gasteiger partial charge in [-0.15, -0.1) is 0 Å². The van der Waals surface area contributed by atoms with E-state index in [1.54, 1.807) is 20.8 Å². The van der Waals surface area contributed by atoms with E-state index in [0.29, 0.717) is 24.6 Å². The van der Waals surface area contributed by atoms with Crippen molar-refractivity contribution in [2.24, 2.45) is 0 Å². The van der Waals surface area contributed by atoms with Gasteiger partial charge in [0.2, 0.25) is 0 Å². The largest absolute Gasteiger partial charge is 0.493 e. The van der Waals surface area contributed by atoms with Crippen LogP contribution in [0.3, 0.4) is 0 Å². The van der Waals surface area contributed by atoms with Crippen molar-refractivity contribution >= 4 is 38.8 Å². The van der Waals surface area contributed by atoms with Crippen molar-refractivity contribution in [3.63, 3.8) is 0 Å². The van der Waals surface area contributed by atoms with E-state index >= 15 is 0 Å². The average Bonchev–Trinajstić information content (AvgIpc) is 3.36. The second kappa shape index (κ2) is 6.30. The van der Waals surface area contributed by atoms with Gasteiger partial charge in [-0.05, 0) is 45.7 Å². The molecule has 1 N–H and O–H groups in total. The number of aromatic nitrogens is 1. The lowest BCUT2D eigenvalue weighted by Gasteiger charge is -2.25.